The van der Waals surface area contributed by atoms with E-state index in [9.17, 15) is 4.79 Å². The Morgan fingerprint density at radius 1 is 1.31 bits per heavy atom. The molecular weight excluding hydrogens is 328 g/mol. The van der Waals surface area contributed by atoms with Crippen molar-refractivity contribution in [1.82, 2.24) is 19.8 Å². The van der Waals surface area contributed by atoms with E-state index in [2.05, 4.69) is 14.9 Å². The summed E-state index contributed by atoms with van der Waals surface area (Å²) in [6.45, 7) is 2.23. The minimum absolute atomic E-state index is 0.137. The molecule has 0 bridgehead atoms. The Bertz CT molecular complexity index is 763. The Morgan fingerprint density at radius 2 is 2.12 bits per heavy atom. The topological polar surface area (TPSA) is 58.6 Å². The van der Waals surface area contributed by atoms with Crippen LogP contribution >= 0.6 is 0 Å². The third-order valence-electron chi connectivity index (χ3n) is 4.82. The van der Waals surface area contributed by atoms with Crippen molar-refractivity contribution in [3.63, 3.8) is 0 Å². The smallest absolute Gasteiger partial charge is 0.236 e. The van der Waals surface area contributed by atoms with Gasteiger partial charge in [0.1, 0.15) is 5.75 Å². The molecule has 26 heavy (non-hydrogen) atoms. The summed E-state index contributed by atoms with van der Waals surface area (Å²) in [5.41, 5.74) is 2.91. The average molecular weight is 354 g/mol. The number of likely N-dealkylation sites (N-methyl/N-ethyl adjacent to an activating group) is 1. The highest BCUT2D eigenvalue weighted by Gasteiger charge is 2.26. The Hall–Kier alpha value is -2.47. The molecule has 1 aliphatic rings. The number of piperidine rings is 1. The van der Waals surface area contributed by atoms with Gasteiger partial charge >= 0.3 is 0 Å². The Labute approximate surface area is 154 Å². The van der Waals surface area contributed by atoms with Crippen molar-refractivity contribution in [2.45, 2.75) is 18.8 Å². The largest absolute Gasteiger partial charge is 0.497 e. The lowest BCUT2D eigenvalue weighted by Gasteiger charge is -2.33. The van der Waals surface area contributed by atoms with Crippen LogP contribution in [-0.4, -0.2) is 66.5 Å². The number of hydrogen-bond acceptors (Lipinski definition) is 5. The molecule has 3 rings (SSSR count). The summed E-state index contributed by atoms with van der Waals surface area (Å²) in [5.74, 6) is 1.22. The van der Waals surface area contributed by atoms with Crippen molar-refractivity contribution in [3.05, 3.63) is 42.4 Å². The first-order chi connectivity index (χ1) is 12.6. The Morgan fingerprint density at radius 3 is 2.88 bits per heavy atom. The highest BCUT2D eigenvalue weighted by atomic mass is 16.5. The first-order valence-electron chi connectivity index (χ1n) is 8.96. The molecule has 2 heterocycles. The highest BCUT2D eigenvalue weighted by molar-refractivity contribution is 5.77. The first-order valence-corrected chi connectivity index (χ1v) is 8.96. The van der Waals surface area contributed by atoms with Crippen molar-refractivity contribution < 1.29 is 9.53 Å². The number of carbonyl (C=O) groups is 1. The molecule has 138 valence electrons. The number of nitrogens with zero attached hydrogens (tertiary/aromatic N) is 4. The number of amides is 1. The van der Waals surface area contributed by atoms with Gasteiger partial charge in [0.05, 0.1) is 25.0 Å². The molecule has 0 unspecified atom stereocenters. The normalized spacial score (nSPS) is 17.7. The second kappa shape index (κ2) is 8.27. The highest BCUT2D eigenvalue weighted by Crippen LogP contribution is 2.32. The van der Waals surface area contributed by atoms with Crippen molar-refractivity contribution in [3.8, 4) is 17.0 Å². The van der Waals surface area contributed by atoms with Crippen molar-refractivity contribution in [2.75, 3.05) is 40.8 Å². The molecule has 0 radical (unpaired) electrons. The van der Waals surface area contributed by atoms with Crippen LogP contribution in [0.25, 0.3) is 11.3 Å². The van der Waals surface area contributed by atoms with Crippen molar-refractivity contribution in [1.29, 1.82) is 0 Å². The minimum atomic E-state index is 0.137. The number of ether oxygens (including phenoxy) is 1. The van der Waals surface area contributed by atoms with E-state index in [0.29, 0.717) is 6.54 Å². The van der Waals surface area contributed by atoms with Gasteiger partial charge in [0, 0.05) is 44.5 Å². The van der Waals surface area contributed by atoms with E-state index in [4.69, 9.17) is 4.74 Å². The van der Waals surface area contributed by atoms with Crippen LogP contribution in [-0.2, 0) is 4.79 Å². The van der Waals surface area contributed by atoms with Gasteiger partial charge in [-0.3, -0.25) is 19.7 Å². The van der Waals surface area contributed by atoms with E-state index in [-0.39, 0.29) is 11.8 Å². The zero-order chi connectivity index (χ0) is 18.5. The van der Waals surface area contributed by atoms with Gasteiger partial charge in [-0.1, -0.05) is 12.1 Å². The molecule has 1 fully saturated rings. The Kier molecular flexibility index (Phi) is 5.83. The van der Waals surface area contributed by atoms with Gasteiger partial charge < -0.3 is 9.64 Å². The van der Waals surface area contributed by atoms with Gasteiger partial charge in [-0.2, -0.15) is 0 Å². The van der Waals surface area contributed by atoms with Gasteiger partial charge in [-0.15, -0.1) is 0 Å². The molecular formula is C20H26N4O2. The molecule has 2 aromatic rings. The van der Waals surface area contributed by atoms with Gasteiger partial charge in [-0.05, 0) is 31.5 Å². The van der Waals surface area contributed by atoms with E-state index >= 15 is 0 Å². The summed E-state index contributed by atoms with van der Waals surface area (Å²) in [6.07, 6.45) is 5.60. The molecule has 6 nitrogen and oxygen atoms in total. The maximum Gasteiger partial charge on any atom is 0.236 e. The van der Waals surface area contributed by atoms with E-state index in [1.165, 1.54) is 0 Å². The standard InChI is InChI=1S/C20H26N4O2/c1-23(2)18(25)14-24-11-5-7-16(13-24)20-19(21-9-10-22-20)15-6-4-8-17(12-15)26-3/h4,6,8-10,12,16H,5,7,11,13-14H2,1-3H3/t16-/m0/s1. The van der Waals surface area contributed by atoms with Crippen LogP contribution in [0.3, 0.4) is 0 Å². The summed E-state index contributed by atoms with van der Waals surface area (Å²) in [5, 5.41) is 0. The zero-order valence-electron chi connectivity index (χ0n) is 15.7. The van der Waals surface area contributed by atoms with Gasteiger partial charge in [0.2, 0.25) is 5.91 Å². The van der Waals surface area contributed by atoms with E-state index in [1.54, 1.807) is 38.5 Å². The van der Waals surface area contributed by atoms with Gasteiger partial charge in [-0.25, -0.2) is 0 Å². The number of methoxy groups -OCH3 is 1. The average Bonchev–Trinajstić information content (AvgIpc) is 2.68. The fraction of sp³-hybridized carbons (Fsp3) is 0.450. The number of carbonyl (C=O) groups excluding carboxylic acids is 1. The third-order valence-corrected chi connectivity index (χ3v) is 4.82. The quantitative estimate of drug-likeness (QED) is 0.825. The summed E-state index contributed by atoms with van der Waals surface area (Å²) in [7, 11) is 5.26. The lowest BCUT2D eigenvalue weighted by molar-refractivity contribution is -0.130. The number of rotatable bonds is 5. The summed E-state index contributed by atoms with van der Waals surface area (Å²) in [4.78, 5) is 25.2. The molecule has 1 aliphatic heterocycles. The van der Waals surface area contributed by atoms with E-state index < -0.39 is 0 Å². The maximum atomic E-state index is 12.1. The predicted octanol–water partition coefficient (Wildman–Crippen LogP) is 2.42. The van der Waals surface area contributed by atoms with Crippen LogP contribution in [0.1, 0.15) is 24.5 Å². The minimum Gasteiger partial charge on any atom is -0.497 e. The molecule has 1 amide bonds. The lowest BCUT2D eigenvalue weighted by Crippen LogP contribution is -2.41. The summed E-state index contributed by atoms with van der Waals surface area (Å²) in [6, 6.07) is 7.92. The molecule has 1 aromatic carbocycles. The lowest BCUT2D eigenvalue weighted by atomic mass is 9.91. The molecule has 1 atom stereocenters. The number of likely N-dealkylation sites (tertiary alicyclic amines) is 1. The molecule has 1 aromatic heterocycles. The fourth-order valence-electron chi connectivity index (χ4n) is 3.40. The van der Waals surface area contributed by atoms with E-state index in [1.807, 2.05) is 24.3 Å². The third kappa shape index (κ3) is 4.19. The fourth-order valence-corrected chi connectivity index (χ4v) is 3.40. The van der Waals surface area contributed by atoms with Gasteiger partial charge in [0.15, 0.2) is 0 Å². The van der Waals surface area contributed by atoms with E-state index in [0.717, 1.165) is 48.6 Å². The SMILES string of the molecule is COc1cccc(-c2nccnc2[C@H]2CCCN(CC(=O)N(C)C)C2)c1. The van der Waals surface area contributed by atoms with Crippen LogP contribution < -0.4 is 4.74 Å². The van der Waals surface area contributed by atoms with Crippen LogP contribution in [0, 0.1) is 0 Å². The zero-order valence-corrected chi connectivity index (χ0v) is 15.7. The van der Waals surface area contributed by atoms with Crippen LogP contribution in [0.2, 0.25) is 0 Å². The van der Waals surface area contributed by atoms with Gasteiger partial charge in [0.25, 0.3) is 0 Å². The molecule has 0 N–H and O–H groups in total. The van der Waals surface area contributed by atoms with Crippen LogP contribution in [0.5, 0.6) is 5.75 Å². The number of hydrogen-bond donors (Lipinski definition) is 0. The molecule has 1 saturated heterocycles. The Balaban J connectivity index is 1.84. The molecule has 6 heteroatoms. The van der Waals surface area contributed by atoms with Crippen molar-refractivity contribution >= 4 is 5.91 Å². The molecule has 0 saturated carbocycles. The van der Waals surface area contributed by atoms with Crippen molar-refractivity contribution in [2.24, 2.45) is 0 Å². The second-order valence-electron chi connectivity index (χ2n) is 6.88. The second-order valence-corrected chi connectivity index (χ2v) is 6.88. The van der Waals surface area contributed by atoms with Crippen LogP contribution in [0.15, 0.2) is 36.7 Å². The maximum absolute atomic E-state index is 12.1. The predicted molar refractivity (Wildman–Crippen MR) is 101 cm³/mol. The first kappa shape index (κ1) is 18.3. The summed E-state index contributed by atoms with van der Waals surface area (Å²) < 4.78 is 5.35. The molecule has 0 spiro atoms. The number of aromatic nitrogens is 2. The monoisotopic (exact) mass is 354 g/mol. The summed E-state index contributed by atoms with van der Waals surface area (Å²) >= 11 is 0. The number of benzene rings is 1. The van der Waals surface area contributed by atoms with Crippen LogP contribution in [0.4, 0.5) is 0 Å². The molecule has 0 aliphatic carbocycles.